The quantitative estimate of drug-likeness (QED) is 0.637. The van der Waals surface area contributed by atoms with E-state index in [4.69, 9.17) is 5.73 Å². The summed E-state index contributed by atoms with van der Waals surface area (Å²) < 4.78 is 0. The van der Waals surface area contributed by atoms with Crippen molar-refractivity contribution in [2.75, 3.05) is 11.1 Å². The molecule has 1 aromatic heterocycles. The lowest BCUT2D eigenvalue weighted by atomic mass is 10.2. The maximum atomic E-state index is 11.3. The first-order valence-electron chi connectivity index (χ1n) is 6.26. The van der Waals surface area contributed by atoms with Gasteiger partial charge in [0.25, 0.3) is 0 Å². The Morgan fingerprint density at radius 1 is 1.00 bits per heavy atom. The summed E-state index contributed by atoms with van der Waals surface area (Å²) in [4.78, 5) is 19.8. The summed E-state index contributed by atoms with van der Waals surface area (Å²) in [5.41, 5.74) is 7.99. The van der Waals surface area contributed by atoms with Crippen molar-refractivity contribution in [2.45, 2.75) is 0 Å². The molecule has 3 aromatic rings. The summed E-state index contributed by atoms with van der Waals surface area (Å²) in [5.74, 6) is -0.933. The lowest BCUT2D eigenvalue weighted by molar-refractivity contribution is 0.0692. The SMILES string of the molecule is Nc1ccc(Nc2nc3ccccc3nc2C(=O)O)cc1. The van der Waals surface area contributed by atoms with Crippen molar-refractivity contribution in [3.05, 3.63) is 54.2 Å². The number of fused-ring (bicyclic) bond motifs is 1. The number of nitrogens with two attached hydrogens (primary N) is 1. The number of nitrogen functional groups attached to an aromatic ring is 1. The summed E-state index contributed by atoms with van der Waals surface area (Å²) in [6, 6.07) is 14.0. The van der Waals surface area contributed by atoms with E-state index in [1.54, 1.807) is 42.5 Å². The van der Waals surface area contributed by atoms with Crippen molar-refractivity contribution >= 4 is 34.2 Å². The third kappa shape index (κ3) is 2.59. The van der Waals surface area contributed by atoms with Crippen LogP contribution in [0.4, 0.5) is 17.2 Å². The van der Waals surface area contributed by atoms with Crippen molar-refractivity contribution in [1.82, 2.24) is 9.97 Å². The zero-order chi connectivity index (χ0) is 14.8. The van der Waals surface area contributed by atoms with Crippen molar-refractivity contribution in [3.63, 3.8) is 0 Å². The van der Waals surface area contributed by atoms with Gasteiger partial charge in [0.2, 0.25) is 0 Å². The Balaban J connectivity index is 2.09. The van der Waals surface area contributed by atoms with Crippen LogP contribution in [0.25, 0.3) is 11.0 Å². The normalized spacial score (nSPS) is 10.5. The van der Waals surface area contributed by atoms with Crippen molar-refractivity contribution in [1.29, 1.82) is 0 Å². The fourth-order valence-electron chi connectivity index (χ4n) is 1.94. The fraction of sp³-hybridized carbons (Fsp3) is 0. The molecule has 0 bridgehead atoms. The summed E-state index contributed by atoms with van der Waals surface area (Å²) in [6.07, 6.45) is 0. The average molecular weight is 280 g/mol. The molecule has 0 unspecified atom stereocenters. The van der Waals surface area contributed by atoms with E-state index in [2.05, 4.69) is 15.3 Å². The second-order valence-corrected chi connectivity index (χ2v) is 4.46. The molecule has 104 valence electrons. The molecule has 0 fully saturated rings. The van der Waals surface area contributed by atoms with E-state index in [0.29, 0.717) is 22.4 Å². The molecule has 0 radical (unpaired) electrons. The number of nitrogens with one attached hydrogen (secondary N) is 1. The van der Waals surface area contributed by atoms with Gasteiger partial charge in [-0.3, -0.25) is 0 Å². The molecule has 2 aromatic carbocycles. The van der Waals surface area contributed by atoms with Gasteiger partial charge in [0.05, 0.1) is 11.0 Å². The van der Waals surface area contributed by atoms with Gasteiger partial charge in [-0.05, 0) is 36.4 Å². The zero-order valence-electron chi connectivity index (χ0n) is 10.9. The van der Waals surface area contributed by atoms with Crippen LogP contribution in [0, 0.1) is 0 Å². The van der Waals surface area contributed by atoms with Gasteiger partial charge >= 0.3 is 5.97 Å². The first-order valence-corrected chi connectivity index (χ1v) is 6.26. The minimum atomic E-state index is -1.13. The lowest BCUT2D eigenvalue weighted by Gasteiger charge is -2.09. The van der Waals surface area contributed by atoms with E-state index in [9.17, 15) is 9.90 Å². The number of hydrogen-bond acceptors (Lipinski definition) is 5. The molecule has 0 atom stereocenters. The highest BCUT2D eigenvalue weighted by Crippen LogP contribution is 2.21. The molecule has 3 rings (SSSR count). The Bertz CT molecular complexity index is 816. The number of carboxylic acids is 1. The van der Waals surface area contributed by atoms with Gasteiger partial charge in [-0.2, -0.15) is 0 Å². The number of carbonyl (C=O) groups is 1. The Morgan fingerprint density at radius 2 is 1.62 bits per heavy atom. The van der Waals surface area contributed by atoms with Crippen LogP contribution in [-0.4, -0.2) is 21.0 Å². The van der Waals surface area contributed by atoms with Crippen LogP contribution >= 0.6 is 0 Å². The largest absolute Gasteiger partial charge is 0.476 e. The van der Waals surface area contributed by atoms with Gasteiger partial charge in [-0.1, -0.05) is 12.1 Å². The van der Waals surface area contributed by atoms with Gasteiger partial charge in [0, 0.05) is 11.4 Å². The molecular formula is C15H12N4O2. The lowest BCUT2D eigenvalue weighted by Crippen LogP contribution is -2.08. The number of benzene rings is 2. The highest BCUT2D eigenvalue weighted by Gasteiger charge is 2.15. The molecular weight excluding hydrogens is 268 g/mol. The minimum absolute atomic E-state index is 0.120. The summed E-state index contributed by atoms with van der Waals surface area (Å²) in [5, 5.41) is 12.2. The van der Waals surface area contributed by atoms with Crippen molar-refractivity contribution < 1.29 is 9.90 Å². The minimum Gasteiger partial charge on any atom is -0.476 e. The molecule has 0 saturated heterocycles. The maximum Gasteiger partial charge on any atom is 0.358 e. The van der Waals surface area contributed by atoms with Gasteiger partial charge in [0.1, 0.15) is 0 Å². The molecule has 0 saturated carbocycles. The molecule has 0 aliphatic rings. The highest BCUT2D eigenvalue weighted by molar-refractivity contribution is 5.94. The maximum absolute atomic E-state index is 11.3. The number of nitrogens with zero attached hydrogens (tertiary/aromatic N) is 2. The van der Waals surface area contributed by atoms with Crippen LogP contribution in [0.5, 0.6) is 0 Å². The molecule has 0 aliphatic heterocycles. The standard InChI is InChI=1S/C15H12N4O2/c16-9-5-7-10(8-6-9)17-14-13(15(20)21)18-11-3-1-2-4-12(11)19-14/h1-8H,16H2,(H,17,19)(H,20,21). The Hall–Kier alpha value is -3.15. The van der Waals surface area contributed by atoms with E-state index >= 15 is 0 Å². The zero-order valence-corrected chi connectivity index (χ0v) is 10.9. The first-order chi connectivity index (χ1) is 10.1. The highest BCUT2D eigenvalue weighted by atomic mass is 16.4. The second-order valence-electron chi connectivity index (χ2n) is 4.46. The van der Waals surface area contributed by atoms with Crippen LogP contribution in [0.2, 0.25) is 0 Å². The van der Waals surface area contributed by atoms with Crippen LogP contribution < -0.4 is 11.1 Å². The number of hydrogen-bond donors (Lipinski definition) is 3. The molecule has 6 heteroatoms. The smallest absolute Gasteiger partial charge is 0.358 e. The van der Waals surface area contributed by atoms with Gasteiger partial charge < -0.3 is 16.2 Å². The van der Waals surface area contributed by atoms with Crippen LogP contribution in [0.3, 0.4) is 0 Å². The summed E-state index contributed by atoms with van der Waals surface area (Å²) >= 11 is 0. The van der Waals surface area contributed by atoms with E-state index in [1.165, 1.54) is 0 Å². The van der Waals surface area contributed by atoms with Gasteiger partial charge in [-0.25, -0.2) is 14.8 Å². The molecule has 6 nitrogen and oxygen atoms in total. The molecule has 0 spiro atoms. The Kier molecular flexibility index (Phi) is 3.12. The van der Waals surface area contributed by atoms with Gasteiger partial charge in [0.15, 0.2) is 11.5 Å². The van der Waals surface area contributed by atoms with Gasteiger partial charge in [-0.15, -0.1) is 0 Å². The third-order valence-corrected chi connectivity index (χ3v) is 2.95. The number of para-hydroxylation sites is 2. The topological polar surface area (TPSA) is 101 Å². The monoisotopic (exact) mass is 280 g/mol. The van der Waals surface area contributed by atoms with E-state index in [-0.39, 0.29) is 11.5 Å². The number of carboxylic acid groups (broad SMARTS) is 1. The second kappa shape index (κ2) is 5.09. The molecule has 4 N–H and O–H groups in total. The van der Waals surface area contributed by atoms with E-state index < -0.39 is 5.97 Å². The Morgan fingerprint density at radius 3 is 2.24 bits per heavy atom. The van der Waals surface area contributed by atoms with Crippen LogP contribution in [0.15, 0.2) is 48.5 Å². The first kappa shape index (κ1) is 12.9. The van der Waals surface area contributed by atoms with Crippen molar-refractivity contribution in [2.24, 2.45) is 0 Å². The van der Waals surface area contributed by atoms with Crippen LogP contribution in [0.1, 0.15) is 10.5 Å². The summed E-state index contributed by atoms with van der Waals surface area (Å²) in [6.45, 7) is 0. The summed E-state index contributed by atoms with van der Waals surface area (Å²) in [7, 11) is 0. The number of anilines is 3. The third-order valence-electron chi connectivity index (χ3n) is 2.95. The predicted octanol–water partition coefficient (Wildman–Crippen LogP) is 2.65. The van der Waals surface area contributed by atoms with Crippen LogP contribution in [-0.2, 0) is 0 Å². The number of aromatic carboxylic acids is 1. The predicted molar refractivity (Wildman–Crippen MR) is 80.6 cm³/mol. The fourth-order valence-corrected chi connectivity index (χ4v) is 1.94. The van der Waals surface area contributed by atoms with E-state index in [0.717, 1.165) is 0 Å². The number of rotatable bonds is 3. The average Bonchev–Trinajstić information content (AvgIpc) is 2.48. The van der Waals surface area contributed by atoms with E-state index in [1.807, 2.05) is 6.07 Å². The van der Waals surface area contributed by atoms with Crippen molar-refractivity contribution in [3.8, 4) is 0 Å². The molecule has 0 aliphatic carbocycles. The number of aromatic nitrogens is 2. The molecule has 0 amide bonds. The Labute approximate surface area is 120 Å². The molecule has 1 heterocycles. The molecule has 21 heavy (non-hydrogen) atoms.